The molecule has 24 heavy (non-hydrogen) atoms. The molecule has 2 N–H and O–H groups in total. The number of esters is 1. The predicted octanol–water partition coefficient (Wildman–Crippen LogP) is 3.05. The van der Waals surface area contributed by atoms with Gasteiger partial charge in [0, 0.05) is 18.2 Å². The molecular weight excluding hydrogens is 304 g/mol. The highest BCUT2D eigenvalue weighted by Gasteiger charge is 2.35. The van der Waals surface area contributed by atoms with Gasteiger partial charge in [-0.3, -0.25) is 10.1 Å². The van der Waals surface area contributed by atoms with Crippen LogP contribution < -0.4 is 10.6 Å². The van der Waals surface area contributed by atoms with Crippen molar-refractivity contribution in [1.29, 1.82) is 0 Å². The molecule has 0 aromatic heterocycles. The molecule has 0 unspecified atom stereocenters. The summed E-state index contributed by atoms with van der Waals surface area (Å²) in [5.74, 6) is -0.0783. The van der Waals surface area contributed by atoms with E-state index in [1.165, 1.54) is 0 Å². The van der Waals surface area contributed by atoms with Gasteiger partial charge in [0.2, 0.25) is 5.91 Å². The highest BCUT2D eigenvalue weighted by molar-refractivity contribution is 5.88. The Morgan fingerprint density at radius 3 is 2.17 bits per heavy atom. The van der Waals surface area contributed by atoms with E-state index in [1.807, 2.05) is 13.0 Å². The molecule has 0 aromatic rings. The maximum atomic E-state index is 12.5. The molecule has 0 aliphatic carbocycles. The van der Waals surface area contributed by atoms with Gasteiger partial charge in [-0.15, -0.1) is 0 Å². The molecule has 0 aliphatic rings. The van der Waals surface area contributed by atoms with Gasteiger partial charge in [-0.25, -0.2) is 4.79 Å². The quantitative estimate of drug-likeness (QED) is 0.474. The van der Waals surface area contributed by atoms with Crippen molar-refractivity contribution in [2.24, 2.45) is 11.3 Å². The smallest absolute Gasteiger partial charge is 0.333 e. The van der Waals surface area contributed by atoms with Crippen molar-refractivity contribution in [3.05, 3.63) is 11.6 Å². The summed E-state index contributed by atoms with van der Waals surface area (Å²) in [7, 11) is 0. The van der Waals surface area contributed by atoms with E-state index in [9.17, 15) is 9.59 Å². The Bertz CT molecular complexity index is 442. The number of rotatable bonds is 10. The van der Waals surface area contributed by atoms with Crippen LogP contribution in [0.3, 0.4) is 0 Å². The Morgan fingerprint density at radius 1 is 1.17 bits per heavy atom. The molecule has 5 nitrogen and oxygen atoms in total. The summed E-state index contributed by atoms with van der Waals surface area (Å²) in [5.41, 5.74) is 0.366. The highest BCUT2D eigenvalue weighted by Crippen LogP contribution is 2.26. The van der Waals surface area contributed by atoms with Crippen LogP contribution in [0.2, 0.25) is 0 Å². The number of hydrogen-bond donors (Lipinski definition) is 2. The molecule has 0 saturated carbocycles. The van der Waals surface area contributed by atoms with Gasteiger partial charge < -0.3 is 10.1 Å². The number of amides is 1. The molecule has 140 valence electrons. The second-order valence-electron chi connectivity index (χ2n) is 7.18. The van der Waals surface area contributed by atoms with Crippen LogP contribution >= 0.6 is 0 Å². The maximum Gasteiger partial charge on any atom is 0.333 e. The normalized spacial score (nSPS) is 15.1. The van der Waals surface area contributed by atoms with Crippen molar-refractivity contribution in [2.45, 2.75) is 73.9 Å². The maximum absolute atomic E-state index is 12.5. The van der Waals surface area contributed by atoms with E-state index in [0.717, 1.165) is 6.42 Å². The molecule has 0 bridgehead atoms. The zero-order valence-electron chi connectivity index (χ0n) is 16.7. The summed E-state index contributed by atoms with van der Waals surface area (Å²) in [4.78, 5) is 24.4. The Hall–Kier alpha value is -1.36. The Kier molecular flexibility index (Phi) is 9.90. The Labute approximate surface area is 147 Å². The van der Waals surface area contributed by atoms with E-state index in [1.54, 1.807) is 13.8 Å². The summed E-state index contributed by atoms with van der Waals surface area (Å²) in [5, 5.41) is 6.37. The molecule has 0 fully saturated rings. The fraction of sp³-hybridized carbons (Fsp3) is 0.789. The number of ether oxygens (including phenoxy) is 1. The van der Waals surface area contributed by atoms with Crippen LogP contribution in [0.5, 0.6) is 0 Å². The second-order valence-corrected chi connectivity index (χ2v) is 7.18. The lowest BCUT2D eigenvalue weighted by Gasteiger charge is -2.36. The van der Waals surface area contributed by atoms with Crippen molar-refractivity contribution in [3.63, 3.8) is 0 Å². The molecule has 0 rings (SSSR count). The first-order valence-electron chi connectivity index (χ1n) is 8.99. The van der Waals surface area contributed by atoms with E-state index < -0.39 is 0 Å². The molecule has 0 heterocycles. The monoisotopic (exact) mass is 340 g/mol. The average molecular weight is 341 g/mol. The second kappa shape index (κ2) is 10.5. The summed E-state index contributed by atoms with van der Waals surface area (Å²) in [6.45, 7) is 16.8. The number of carbonyl (C=O) groups excluding carboxylic acids is 2. The Morgan fingerprint density at radius 2 is 1.75 bits per heavy atom. The summed E-state index contributed by atoms with van der Waals surface area (Å²) in [6.07, 6.45) is 2.74. The van der Waals surface area contributed by atoms with Gasteiger partial charge >= 0.3 is 5.97 Å². The third-order valence-corrected chi connectivity index (χ3v) is 4.41. The van der Waals surface area contributed by atoms with Gasteiger partial charge in [0.25, 0.3) is 0 Å². The molecule has 2 atom stereocenters. The first-order valence-corrected chi connectivity index (χ1v) is 8.99. The minimum absolute atomic E-state index is 0.00260. The largest absolute Gasteiger partial charge is 0.463 e. The van der Waals surface area contributed by atoms with Crippen LogP contribution in [0.25, 0.3) is 0 Å². The van der Waals surface area contributed by atoms with E-state index >= 15 is 0 Å². The molecule has 0 spiro atoms. The number of likely N-dealkylation sites (N-methyl/N-ethyl adjacent to an activating group) is 1. The lowest BCUT2D eigenvalue weighted by atomic mass is 9.80. The lowest BCUT2D eigenvalue weighted by molar-refractivity contribution is -0.138. The molecule has 1 amide bonds. The van der Waals surface area contributed by atoms with E-state index in [4.69, 9.17) is 4.74 Å². The molecule has 0 saturated heterocycles. The molecule has 0 aliphatic heterocycles. The van der Waals surface area contributed by atoms with Gasteiger partial charge in [-0.1, -0.05) is 40.7 Å². The third kappa shape index (κ3) is 7.04. The van der Waals surface area contributed by atoms with E-state index in [-0.39, 0.29) is 35.3 Å². The van der Waals surface area contributed by atoms with Crippen molar-refractivity contribution in [2.75, 3.05) is 13.2 Å². The van der Waals surface area contributed by atoms with Crippen LogP contribution in [-0.2, 0) is 14.3 Å². The first-order chi connectivity index (χ1) is 11.1. The minimum Gasteiger partial charge on any atom is -0.463 e. The zero-order valence-corrected chi connectivity index (χ0v) is 16.7. The first kappa shape index (κ1) is 22.6. The third-order valence-electron chi connectivity index (χ3n) is 4.41. The Balaban J connectivity index is 5.45. The predicted molar refractivity (Wildman–Crippen MR) is 98.7 cm³/mol. The summed E-state index contributed by atoms with van der Waals surface area (Å²) < 4.78 is 5.05. The number of nitrogens with one attached hydrogen (secondary N) is 2. The highest BCUT2D eigenvalue weighted by atomic mass is 16.5. The van der Waals surface area contributed by atoms with Crippen molar-refractivity contribution in [1.82, 2.24) is 10.6 Å². The minimum atomic E-state index is -0.332. The van der Waals surface area contributed by atoms with Gasteiger partial charge in [0.1, 0.15) is 0 Å². The van der Waals surface area contributed by atoms with Crippen molar-refractivity contribution in [3.8, 4) is 0 Å². The summed E-state index contributed by atoms with van der Waals surface area (Å²) >= 11 is 0. The SMILES string of the molecule is CCNC(=O)[C@@H](N[C@H](/C=C(\C)C(=O)OCC)C(C)C)C(C)(C)CC. The van der Waals surface area contributed by atoms with Crippen molar-refractivity contribution >= 4 is 11.9 Å². The molecular formula is C19H36N2O3. The molecule has 0 radical (unpaired) electrons. The van der Waals surface area contributed by atoms with Crippen LogP contribution in [-0.4, -0.2) is 37.1 Å². The fourth-order valence-corrected chi connectivity index (χ4v) is 2.34. The van der Waals surface area contributed by atoms with Crippen LogP contribution in [0.1, 0.15) is 61.8 Å². The van der Waals surface area contributed by atoms with Gasteiger partial charge in [0.15, 0.2) is 0 Å². The van der Waals surface area contributed by atoms with Crippen molar-refractivity contribution < 1.29 is 14.3 Å². The van der Waals surface area contributed by atoms with Crippen LogP contribution in [0, 0.1) is 11.3 Å². The van der Waals surface area contributed by atoms with Crippen LogP contribution in [0.4, 0.5) is 0 Å². The van der Waals surface area contributed by atoms with Gasteiger partial charge in [0.05, 0.1) is 12.6 Å². The lowest BCUT2D eigenvalue weighted by Crippen LogP contribution is -2.56. The number of carbonyl (C=O) groups is 2. The molecule has 0 aromatic carbocycles. The van der Waals surface area contributed by atoms with Gasteiger partial charge in [-0.05, 0) is 38.5 Å². The molecule has 5 heteroatoms. The van der Waals surface area contributed by atoms with Crippen LogP contribution in [0.15, 0.2) is 11.6 Å². The standard InChI is InChI=1S/C19H36N2O3/c1-9-19(7,8)16(17(22)20-10-2)21-15(13(4)5)12-14(6)18(23)24-11-3/h12-13,15-16,21H,9-11H2,1-8H3,(H,20,22)/b14-12+/t15-,16-/m1/s1. The van der Waals surface area contributed by atoms with E-state index in [2.05, 4.69) is 45.3 Å². The summed E-state index contributed by atoms with van der Waals surface area (Å²) in [6, 6.07) is -0.422. The zero-order chi connectivity index (χ0) is 18.9. The number of hydrogen-bond acceptors (Lipinski definition) is 4. The van der Waals surface area contributed by atoms with Gasteiger partial charge in [-0.2, -0.15) is 0 Å². The van der Waals surface area contributed by atoms with E-state index in [0.29, 0.717) is 18.7 Å². The average Bonchev–Trinajstić information content (AvgIpc) is 2.50. The fourth-order valence-electron chi connectivity index (χ4n) is 2.34. The topological polar surface area (TPSA) is 67.4 Å².